The molecule has 1 saturated carbocycles. The van der Waals surface area contributed by atoms with Crippen LogP contribution in [0.15, 0.2) is 36.5 Å². The van der Waals surface area contributed by atoms with Gasteiger partial charge in [-0.1, -0.05) is 24.3 Å². The van der Waals surface area contributed by atoms with E-state index in [-0.39, 0.29) is 11.8 Å². The number of aliphatic hydroxyl groups excluding tert-OH is 1. The summed E-state index contributed by atoms with van der Waals surface area (Å²) in [6, 6.07) is 9.48. The van der Waals surface area contributed by atoms with E-state index in [1.54, 1.807) is 13.0 Å². The van der Waals surface area contributed by atoms with Crippen LogP contribution in [0.5, 0.6) is 5.88 Å². The Labute approximate surface area is 180 Å². The number of ether oxygens (including phenoxy) is 1. The number of pyridine rings is 1. The second-order valence-corrected chi connectivity index (χ2v) is 8.71. The Hall–Kier alpha value is -2.97. The number of fused-ring (bicyclic) bond motifs is 2. The van der Waals surface area contributed by atoms with Crippen molar-refractivity contribution < 1.29 is 19.4 Å². The summed E-state index contributed by atoms with van der Waals surface area (Å²) in [5, 5.41) is 16.3. The zero-order valence-electron chi connectivity index (χ0n) is 17.4. The number of anilines is 1. The average molecular weight is 422 g/mol. The van der Waals surface area contributed by atoms with E-state index in [1.165, 1.54) is 17.3 Å². The van der Waals surface area contributed by atoms with Crippen molar-refractivity contribution in [3.8, 4) is 5.88 Å². The fourth-order valence-corrected chi connectivity index (χ4v) is 4.18. The highest BCUT2D eigenvalue weighted by Crippen LogP contribution is 2.45. The van der Waals surface area contributed by atoms with Crippen molar-refractivity contribution in [2.75, 3.05) is 18.4 Å². The van der Waals surface area contributed by atoms with Crippen molar-refractivity contribution in [3.63, 3.8) is 0 Å². The van der Waals surface area contributed by atoms with Gasteiger partial charge in [-0.05, 0) is 30.5 Å². The van der Waals surface area contributed by atoms with Crippen molar-refractivity contribution in [3.05, 3.63) is 53.2 Å². The molecule has 3 heterocycles. The Kier molecular flexibility index (Phi) is 4.91. The minimum absolute atomic E-state index is 0.189. The summed E-state index contributed by atoms with van der Waals surface area (Å²) in [7, 11) is 0. The molecule has 2 aromatic rings. The maximum Gasteiger partial charge on any atom is 0.268 e. The number of nitrogens with one attached hydrogen (secondary N) is 2. The monoisotopic (exact) mass is 422 g/mol. The predicted molar refractivity (Wildman–Crippen MR) is 114 cm³/mol. The lowest BCUT2D eigenvalue weighted by Crippen LogP contribution is -2.47. The number of aliphatic hydroxyl groups is 1. The third-order valence-corrected chi connectivity index (χ3v) is 6.36. The third-order valence-electron chi connectivity index (χ3n) is 6.36. The van der Waals surface area contributed by atoms with Crippen LogP contribution in [0.25, 0.3) is 0 Å². The van der Waals surface area contributed by atoms with Crippen LogP contribution in [0.2, 0.25) is 0 Å². The zero-order chi connectivity index (χ0) is 21.6. The van der Waals surface area contributed by atoms with Crippen molar-refractivity contribution in [2.24, 2.45) is 0 Å². The van der Waals surface area contributed by atoms with Crippen LogP contribution < -0.4 is 15.4 Å². The highest BCUT2D eigenvalue weighted by atomic mass is 16.5. The standard InChI is InChI=1S/C23H26N4O4/c1-14(19(28)13-27-9-6-15-4-2-3-5-16(15)12-27)25-20(29)17-10-18-21(24-11-17)31-23(7-8-23)22(30)26-18/h2-5,10-11,14,19,28H,6-9,12-13H2,1H3,(H,25,29)(H,26,30)/t14-,19+/m1/s1. The average Bonchev–Trinajstić information content (AvgIpc) is 3.54. The van der Waals surface area contributed by atoms with Crippen LogP contribution >= 0.6 is 0 Å². The van der Waals surface area contributed by atoms with E-state index in [0.717, 1.165) is 19.5 Å². The van der Waals surface area contributed by atoms with E-state index in [2.05, 4.69) is 38.7 Å². The first-order valence-electron chi connectivity index (χ1n) is 10.7. The number of carbonyl (C=O) groups is 2. The number of amides is 2. The molecule has 2 atom stereocenters. The summed E-state index contributed by atoms with van der Waals surface area (Å²) in [4.78, 5) is 31.3. The first kappa shape index (κ1) is 20.0. The van der Waals surface area contributed by atoms with Crippen LogP contribution in [0.4, 0.5) is 5.69 Å². The highest BCUT2D eigenvalue weighted by molar-refractivity contribution is 6.03. The Morgan fingerprint density at radius 2 is 2.13 bits per heavy atom. The molecule has 5 rings (SSSR count). The highest BCUT2D eigenvalue weighted by Gasteiger charge is 2.55. The van der Waals surface area contributed by atoms with Gasteiger partial charge in [-0.25, -0.2) is 4.98 Å². The van der Waals surface area contributed by atoms with E-state index in [1.807, 2.05) is 6.07 Å². The molecule has 3 N–H and O–H groups in total. The molecule has 31 heavy (non-hydrogen) atoms. The van der Waals surface area contributed by atoms with E-state index < -0.39 is 17.7 Å². The number of β-amino-alcohol motifs (C(OH)–C–C–N with tert-alkyl or cyclic N) is 1. The van der Waals surface area contributed by atoms with Crippen molar-refractivity contribution in [1.82, 2.24) is 15.2 Å². The van der Waals surface area contributed by atoms with Gasteiger partial charge < -0.3 is 20.5 Å². The molecular formula is C23H26N4O4. The Balaban J connectivity index is 1.19. The third kappa shape index (κ3) is 3.88. The molecule has 0 unspecified atom stereocenters. The Morgan fingerprint density at radius 1 is 1.35 bits per heavy atom. The SMILES string of the molecule is C[C@@H](NC(=O)c1cnc2c(c1)NC(=O)C1(CC1)O2)[C@@H](O)CN1CCc2ccccc2C1. The van der Waals surface area contributed by atoms with Crippen molar-refractivity contribution in [2.45, 2.75) is 50.5 Å². The normalized spacial score (nSPS) is 20.6. The second kappa shape index (κ2) is 7.62. The molecule has 0 radical (unpaired) electrons. The van der Waals surface area contributed by atoms with Gasteiger partial charge in [0.1, 0.15) is 5.69 Å². The van der Waals surface area contributed by atoms with E-state index >= 15 is 0 Å². The van der Waals surface area contributed by atoms with E-state index in [4.69, 9.17) is 4.74 Å². The summed E-state index contributed by atoms with van der Waals surface area (Å²) in [5.41, 5.74) is 2.58. The van der Waals surface area contributed by atoms with Gasteiger partial charge in [-0.2, -0.15) is 0 Å². The molecule has 1 aromatic heterocycles. The second-order valence-electron chi connectivity index (χ2n) is 8.71. The summed E-state index contributed by atoms with van der Waals surface area (Å²) in [5.74, 6) is -0.204. The Morgan fingerprint density at radius 3 is 2.90 bits per heavy atom. The molecule has 8 nitrogen and oxygen atoms in total. The minimum Gasteiger partial charge on any atom is -0.459 e. The lowest BCUT2D eigenvalue weighted by Gasteiger charge is -2.32. The largest absolute Gasteiger partial charge is 0.459 e. The van der Waals surface area contributed by atoms with Crippen LogP contribution in [-0.2, 0) is 17.8 Å². The lowest BCUT2D eigenvalue weighted by atomic mass is 9.99. The summed E-state index contributed by atoms with van der Waals surface area (Å²) in [6.45, 7) is 3.94. The first-order chi connectivity index (χ1) is 14.9. The number of hydrogen-bond acceptors (Lipinski definition) is 6. The molecule has 0 bridgehead atoms. The van der Waals surface area contributed by atoms with Gasteiger partial charge in [0, 0.05) is 38.7 Å². The van der Waals surface area contributed by atoms with Crippen molar-refractivity contribution in [1.29, 1.82) is 0 Å². The smallest absolute Gasteiger partial charge is 0.268 e. The lowest BCUT2D eigenvalue weighted by molar-refractivity contribution is -0.125. The fourth-order valence-electron chi connectivity index (χ4n) is 4.18. The van der Waals surface area contributed by atoms with E-state index in [0.29, 0.717) is 36.5 Å². The number of hydrogen-bond donors (Lipinski definition) is 3. The quantitative estimate of drug-likeness (QED) is 0.675. The molecule has 162 valence electrons. The number of nitrogens with zero attached hydrogens (tertiary/aromatic N) is 2. The van der Waals surface area contributed by atoms with Gasteiger partial charge >= 0.3 is 0 Å². The molecule has 1 spiro atoms. The molecular weight excluding hydrogens is 396 g/mol. The topological polar surface area (TPSA) is 104 Å². The molecule has 3 aliphatic rings. The van der Waals surface area contributed by atoms with Gasteiger partial charge in [0.15, 0.2) is 5.60 Å². The maximum absolute atomic E-state index is 12.7. The Bertz CT molecular complexity index is 1040. The van der Waals surface area contributed by atoms with Crippen LogP contribution in [0, 0.1) is 0 Å². The minimum atomic E-state index is -0.767. The molecule has 2 amide bonds. The number of benzene rings is 1. The fraction of sp³-hybridized carbons (Fsp3) is 0.435. The van der Waals surface area contributed by atoms with Gasteiger partial charge in [0.05, 0.1) is 17.7 Å². The van der Waals surface area contributed by atoms with Crippen LogP contribution in [0.3, 0.4) is 0 Å². The first-order valence-corrected chi connectivity index (χ1v) is 10.7. The molecule has 1 aromatic carbocycles. The van der Waals surface area contributed by atoms with Crippen LogP contribution in [0.1, 0.15) is 41.3 Å². The van der Waals surface area contributed by atoms with Gasteiger partial charge in [-0.3, -0.25) is 14.5 Å². The van der Waals surface area contributed by atoms with E-state index in [9.17, 15) is 14.7 Å². The number of aromatic nitrogens is 1. The number of rotatable bonds is 5. The van der Waals surface area contributed by atoms with Crippen LogP contribution in [-0.4, -0.2) is 57.6 Å². The van der Waals surface area contributed by atoms with Gasteiger partial charge in [0.25, 0.3) is 11.8 Å². The zero-order valence-corrected chi connectivity index (χ0v) is 17.4. The van der Waals surface area contributed by atoms with Crippen molar-refractivity contribution >= 4 is 17.5 Å². The predicted octanol–water partition coefficient (Wildman–Crippen LogP) is 1.48. The summed E-state index contributed by atoms with van der Waals surface area (Å²) < 4.78 is 5.71. The molecule has 1 aliphatic carbocycles. The molecule has 8 heteroatoms. The maximum atomic E-state index is 12.7. The summed E-state index contributed by atoms with van der Waals surface area (Å²) >= 11 is 0. The summed E-state index contributed by atoms with van der Waals surface area (Å²) in [6.07, 6.45) is 3.04. The molecule has 1 fully saturated rings. The van der Waals surface area contributed by atoms with Gasteiger partial charge in [-0.15, -0.1) is 0 Å². The molecule has 2 aliphatic heterocycles. The molecule has 0 saturated heterocycles. The number of carbonyl (C=O) groups excluding carboxylic acids is 2. The van der Waals surface area contributed by atoms with Gasteiger partial charge in [0.2, 0.25) is 5.88 Å².